The standard InChI is InChI=1S/C15H9BrN2O3/c16-9-1-3-12-11(5-9)15(18-7-17-12)21-10-2-4-13-14(6-10)20-8-19-13/h1-7H,8H2. The van der Waals surface area contributed by atoms with E-state index in [0.29, 0.717) is 17.4 Å². The Morgan fingerprint density at radius 2 is 1.90 bits per heavy atom. The molecule has 1 aliphatic heterocycles. The van der Waals surface area contributed by atoms with E-state index in [1.165, 1.54) is 6.33 Å². The lowest BCUT2D eigenvalue weighted by Crippen LogP contribution is -1.93. The first-order valence-electron chi connectivity index (χ1n) is 6.27. The minimum atomic E-state index is 0.238. The second-order valence-corrected chi connectivity index (χ2v) is 5.37. The third-order valence-corrected chi connectivity index (χ3v) is 3.61. The molecule has 1 aliphatic rings. The maximum Gasteiger partial charge on any atom is 0.231 e. The molecule has 2 aromatic carbocycles. The SMILES string of the molecule is Brc1ccc2ncnc(Oc3ccc4c(c3)OCO4)c2c1. The summed E-state index contributed by atoms with van der Waals surface area (Å²) in [4.78, 5) is 8.44. The molecule has 0 bridgehead atoms. The van der Waals surface area contributed by atoms with Gasteiger partial charge < -0.3 is 14.2 Å². The molecule has 0 amide bonds. The fraction of sp³-hybridized carbons (Fsp3) is 0.0667. The Labute approximate surface area is 128 Å². The summed E-state index contributed by atoms with van der Waals surface area (Å²) in [6, 6.07) is 11.2. The maximum absolute atomic E-state index is 5.86. The molecule has 0 atom stereocenters. The lowest BCUT2D eigenvalue weighted by Gasteiger charge is -2.08. The molecule has 1 aromatic heterocycles. The Hall–Kier alpha value is -2.34. The van der Waals surface area contributed by atoms with E-state index in [1.807, 2.05) is 30.3 Å². The van der Waals surface area contributed by atoms with Crippen LogP contribution in [0.25, 0.3) is 10.9 Å². The van der Waals surface area contributed by atoms with Crippen molar-refractivity contribution < 1.29 is 14.2 Å². The zero-order valence-electron chi connectivity index (χ0n) is 10.7. The molecule has 4 rings (SSSR count). The van der Waals surface area contributed by atoms with Crippen LogP contribution >= 0.6 is 15.9 Å². The van der Waals surface area contributed by atoms with Gasteiger partial charge in [0.25, 0.3) is 0 Å². The predicted octanol–water partition coefficient (Wildman–Crippen LogP) is 3.91. The van der Waals surface area contributed by atoms with Crippen LogP contribution in [0.2, 0.25) is 0 Å². The van der Waals surface area contributed by atoms with Crippen molar-refractivity contribution in [3.05, 3.63) is 47.2 Å². The van der Waals surface area contributed by atoms with Crippen LogP contribution < -0.4 is 14.2 Å². The summed E-state index contributed by atoms with van der Waals surface area (Å²) in [6.45, 7) is 0.238. The fourth-order valence-corrected chi connectivity index (χ4v) is 2.50. The topological polar surface area (TPSA) is 53.5 Å². The smallest absolute Gasteiger partial charge is 0.231 e. The van der Waals surface area contributed by atoms with E-state index in [-0.39, 0.29) is 6.79 Å². The summed E-state index contributed by atoms with van der Waals surface area (Å²) in [5.41, 5.74) is 0.823. The van der Waals surface area contributed by atoms with Crippen LogP contribution in [0.4, 0.5) is 0 Å². The van der Waals surface area contributed by atoms with Gasteiger partial charge in [-0.25, -0.2) is 9.97 Å². The van der Waals surface area contributed by atoms with E-state index < -0.39 is 0 Å². The van der Waals surface area contributed by atoms with Crippen LogP contribution in [0.15, 0.2) is 47.2 Å². The number of fused-ring (bicyclic) bond motifs is 2. The van der Waals surface area contributed by atoms with Gasteiger partial charge in [-0.3, -0.25) is 0 Å². The number of hydrogen-bond acceptors (Lipinski definition) is 5. The van der Waals surface area contributed by atoms with Crippen LogP contribution in [-0.2, 0) is 0 Å². The van der Waals surface area contributed by atoms with Crippen LogP contribution in [0.3, 0.4) is 0 Å². The number of ether oxygens (including phenoxy) is 3. The highest BCUT2D eigenvalue weighted by molar-refractivity contribution is 9.10. The molecule has 0 saturated heterocycles. The molecular weight excluding hydrogens is 336 g/mol. The summed E-state index contributed by atoms with van der Waals surface area (Å²) in [6.07, 6.45) is 1.48. The second kappa shape index (κ2) is 4.89. The number of benzene rings is 2. The minimum Gasteiger partial charge on any atom is -0.454 e. The summed E-state index contributed by atoms with van der Waals surface area (Å²) in [5, 5.41) is 0.838. The molecule has 0 saturated carbocycles. The molecule has 0 unspecified atom stereocenters. The van der Waals surface area contributed by atoms with Crippen molar-refractivity contribution in [2.45, 2.75) is 0 Å². The molecule has 6 heteroatoms. The van der Waals surface area contributed by atoms with Crippen molar-refractivity contribution >= 4 is 26.8 Å². The highest BCUT2D eigenvalue weighted by Gasteiger charge is 2.15. The van der Waals surface area contributed by atoms with Crippen LogP contribution in [0.5, 0.6) is 23.1 Å². The van der Waals surface area contributed by atoms with E-state index in [1.54, 1.807) is 6.07 Å². The lowest BCUT2D eigenvalue weighted by molar-refractivity contribution is 0.174. The minimum absolute atomic E-state index is 0.238. The van der Waals surface area contributed by atoms with Crippen molar-refractivity contribution in [1.82, 2.24) is 9.97 Å². The predicted molar refractivity (Wildman–Crippen MR) is 79.9 cm³/mol. The molecule has 0 radical (unpaired) electrons. The third-order valence-electron chi connectivity index (χ3n) is 3.12. The molecule has 0 fully saturated rings. The molecule has 2 heterocycles. The molecule has 0 aliphatic carbocycles. The van der Waals surface area contributed by atoms with E-state index in [9.17, 15) is 0 Å². The largest absolute Gasteiger partial charge is 0.454 e. The first-order valence-corrected chi connectivity index (χ1v) is 7.07. The first kappa shape index (κ1) is 12.4. The number of halogens is 1. The number of hydrogen-bond donors (Lipinski definition) is 0. The number of aromatic nitrogens is 2. The Morgan fingerprint density at radius 3 is 2.86 bits per heavy atom. The highest BCUT2D eigenvalue weighted by Crippen LogP contribution is 2.37. The first-order chi connectivity index (χ1) is 10.3. The van der Waals surface area contributed by atoms with Gasteiger partial charge in [-0.1, -0.05) is 15.9 Å². The fourth-order valence-electron chi connectivity index (χ4n) is 2.14. The quantitative estimate of drug-likeness (QED) is 0.705. The molecular formula is C15H9BrN2O3. The Kier molecular flexibility index (Phi) is 2.89. The second-order valence-electron chi connectivity index (χ2n) is 4.46. The highest BCUT2D eigenvalue weighted by atomic mass is 79.9. The summed E-state index contributed by atoms with van der Waals surface area (Å²) < 4.78 is 17.4. The van der Waals surface area contributed by atoms with Gasteiger partial charge in [-0.2, -0.15) is 0 Å². The molecule has 3 aromatic rings. The lowest BCUT2D eigenvalue weighted by atomic mass is 10.2. The molecule has 0 spiro atoms. The van der Waals surface area contributed by atoms with E-state index >= 15 is 0 Å². The van der Waals surface area contributed by atoms with Gasteiger partial charge in [0.2, 0.25) is 12.7 Å². The van der Waals surface area contributed by atoms with E-state index in [2.05, 4.69) is 25.9 Å². The molecule has 5 nitrogen and oxygen atoms in total. The average Bonchev–Trinajstić information content (AvgIpc) is 2.95. The zero-order valence-corrected chi connectivity index (χ0v) is 12.3. The van der Waals surface area contributed by atoms with Gasteiger partial charge in [-0.15, -0.1) is 0 Å². The van der Waals surface area contributed by atoms with Gasteiger partial charge in [0.05, 0.1) is 10.9 Å². The van der Waals surface area contributed by atoms with Crippen molar-refractivity contribution in [1.29, 1.82) is 0 Å². The van der Waals surface area contributed by atoms with E-state index in [0.717, 1.165) is 21.1 Å². The summed E-state index contributed by atoms with van der Waals surface area (Å²) >= 11 is 3.44. The normalized spacial score (nSPS) is 12.6. The van der Waals surface area contributed by atoms with Gasteiger partial charge in [-0.05, 0) is 30.3 Å². The maximum atomic E-state index is 5.86. The zero-order chi connectivity index (χ0) is 14.2. The van der Waals surface area contributed by atoms with Gasteiger partial charge >= 0.3 is 0 Å². The van der Waals surface area contributed by atoms with Crippen LogP contribution in [0.1, 0.15) is 0 Å². The summed E-state index contributed by atoms with van der Waals surface area (Å²) in [7, 11) is 0. The van der Waals surface area contributed by atoms with Gasteiger partial charge in [0, 0.05) is 10.5 Å². The van der Waals surface area contributed by atoms with Crippen LogP contribution in [-0.4, -0.2) is 16.8 Å². The Balaban J connectivity index is 1.75. The van der Waals surface area contributed by atoms with Crippen molar-refractivity contribution in [3.8, 4) is 23.1 Å². The van der Waals surface area contributed by atoms with E-state index in [4.69, 9.17) is 14.2 Å². The van der Waals surface area contributed by atoms with Gasteiger partial charge in [0.1, 0.15) is 12.1 Å². The number of rotatable bonds is 2. The van der Waals surface area contributed by atoms with Gasteiger partial charge in [0.15, 0.2) is 11.5 Å². The third kappa shape index (κ3) is 2.27. The number of nitrogens with zero attached hydrogens (tertiary/aromatic N) is 2. The van der Waals surface area contributed by atoms with Crippen molar-refractivity contribution in [3.63, 3.8) is 0 Å². The summed E-state index contributed by atoms with van der Waals surface area (Å²) in [5.74, 6) is 2.53. The molecule has 104 valence electrons. The molecule has 21 heavy (non-hydrogen) atoms. The van der Waals surface area contributed by atoms with Crippen molar-refractivity contribution in [2.24, 2.45) is 0 Å². The average molecular weight is 345 g/mol. The van der Waals surface area contributed by atoms with Crippen molar-refractivity contribution in [2.75, 3.05) is 6.79 Å². The monoisotopic (exact) mass is 344 g/mol. The Bertz CT molecular complexity index is 838. The Morgan fingerprint density at radius 1 is 1.00 bits per heavy atom. The molecule has 0 N–H and O–H groups in total. The van der Waals surface area contributed by atoms with Crippen LogP contribution in [0, 0.1) is 0 Å².